The van der Waals surface area contributed by atoms with Crippen LogP contribution in [-0.2, 0) is 14.8 Å². The molecule has 0 atom stereocenters. The molecule has 1 aromatic rings. The van der Waals surface area contributed by atoms with Crippen LogP contribution < -0.4 is 5.73 Å². The molecular formula is C13H18N2O5S. The van der Waals surface area contributed by atoms with Gasteiger partial charge in [0.05, 0.1) is 17.1 Å². The van der Waals surface area contributed by atoms with Crippen LogP contribution in [0.1, 0.15) is 10.4 Å². The summed E-state index contributed by atoms with van der Waals surface area (Å²) in [6.45, 7) is 3.80. The van der Waals surface area contributed by atoms with Crippen LogP contribution in [0.5, 0.6) is 0 Å². The lowest BCUT2D eigenvalue weighted by molar-refractivity contribution is 0.0692. The quantitative estimate of drug-likeness (QED) is 0.542. The number of carboxylic acid groups (broad SMARTS) is 1. The topological polar surface area (TPSA) is 110 Å². The van der Waals surface area contributed by atoms with Gasteiger partial charge in [-0.05, 0) is 18.2 Å². The Morgan fingerprint density at radius 1 is 1.52 bits per heavy atom. The molecular weight excluding hydrogens is 296 g/mol. The first kappa shape index (κ1) is 17.2. The van der Waals surface area contributed by atoms with E-state index in [4.69, 9.17) is 15.6 Å². The molecule has 0 unspecified atom stereocenters. The molecule has 3 N–H and O–H groups in total. The summed E-state index contributed by atoms with van der Waals surface area (Å²) in [7, 11) is -2.57. The Hall–Kier alpha value is -1.90. The van der Waals surface area contributed by atoms with Crippen LogP contribution in [0.3, 0.4) is 0 Å². The van der Waals surface area contributed by atoms with Crippen LogP contribution in [0.25, 0.3) is 0 Å². The first-order valence-corrected chi connectivity index (χ1v) is 7.51. The predicted octanol–water partition coefficient (Wildman–Crippen LogP) is 0.790. The second kappa shape index (κ2) is 7.21. The van der Waals surface area contributed by atoms with Gasteiger partial charge in [0.1, 0.15) is 0 Å². The second-order valence-electron chi connectivity index (χ2n) is 4.21. The Morgan fingerprint density at radius 2 is 2.19 bits per heavy atom. The standard InChI is InChI=1S/C13H18N2O5S/c1-3-6-15(7-8-20-2)21(18,19)12-9-10(14)4-5-11(12)13(16)17/h3-5,9H,1,6-8,14H2,2H3,(H,16,17). The number of benzene rings is 1. The van der Waals surface area contributed by atoms with Gasteiger partial charge in [-0.3, -0.25) is 0 Å². The highest BCUT2D eigenvalue weighted by molar-refractivity contribution is 7.89. The minimum Gasteiger partial charge on any atom is -0.478 e. The van der Waals surface area contributed by atoms with Gasteiger partial charge in [0.2, 0.25) is 10.0 Å². The van der Waals surface area contributed by atoms with Crippen LogP contribution in [0, 0.1) is 0 Å². The van der Waals surface area contributed by atoms with Crippen LogP contribution in [0.4, 0.5) is 5.69 Å². The molecule has 0 aliphatic carbocycles. The molecule has 0 heterocycles. The SMILES string of the molecule is C=CCN(CCOC)S(=O)(=O)c1cc(N)ccc1C(=O)O. The molecule has 21 heavy (non-hydrogen) atoms. The van der Waals surface area contributed by atoms with Gasteiger partial charge >= 0.3 is 5.97 Å². The summed E-state index contributed by atoms with van der Waals surface area (Å²) in [5.41, 5.74) is 5.42. The number of hydrogen-bond acceptors (Lipinski definition) is 5. The van der Waals surface area contributed by atoms with Gasteiger partial charge in [0.15, 0.2) is 0 Å². The highest BCUT2D eigenvalue weighted by Crippen LogP contribution is 2.23. The molecule has 1 rings (SSSR count). The van der Waals surface area contributed by atoms with E-state index in [0.717, 1.165) is 10.4 Å². The van der Waals surface area contributed by atoms with E-state index in [-0.39, 0.29) is 35.8 Å². The van der Waals surface area contributed by atoms with Crippen molar-refractivity contribution in [2.45, 2.75) is 4.90 Å². The average Bonchev–Trinajstić information content (AvgIpc) is 2.42. The Labute approximate surface area is 123 Å². The monoisotopic (exact) mass is 314 g/mol. The Balaban J connectivity index is 3.35. The number of anilines is 1. The number of carbonyl (C=O) groups is 1. The number of nitrogen functional groups attached to an aromatic ring is 1. The number of nitrogens with two attached hydrogens (primary N) is 1. The van der Waals surface area contributed by atoms with E-state index >= 15 is 0 Å². The molecule has 0 aliphatic heterocycles. The number of aromatic carboxylic acids is 1. The minimum atomic E-state index is -4.01. The van der Waals surface area contributed by atoms with Crippen LogP contribution in [0.2, 0.25) is 0 Å². The molecule has 0 aromatic heterocycles. The van der Waals surface area contributed by atoms with E-state index in [1.807, 2.05) is 0 Å². The second-order valence-corrected chi connectivity index (χ2v) is 6.11. The molecule has 0 amide bonds. The smallest absolute Gasteiger partial charge is 0.337 e. The van der Waals surface area contributed by atoms with Crippen molar-refractivity contribution in [2.24, 2.45) is 0 Å². The van der Waals surface area contributed by atoms with E-state index in [2.05, 4.69) is 6.58 Å². The van der Waals surface area contributed by atoms with Crippen molar-refractivity contribution in [3.05, 3.63) is 36.4 Å². The van der Waals surface area contributed by atoms with Crippen molar-refractivity contribution in [1.82, 2.24) is 4.31 Å². The summed E-state index contributed by atoms with van der Waals surface area (Å²) in [5.74, 6) is -1.33. The molecule has 0 saturated heterocycles. The van der Waals surface area contributed by atoms with Crippen LogP contribution in [0.15, 0.2) is 35.7 Å². The molecule has 0 spiro atoms. The summed E-state index contributed by atoms with van der Waals surface area (Å²) in [6, 6.07) is 3.66. The number of hydrogen-bond donors (Lipinski definition) is 2. The number of sulfonamides is 1. The zero-order chi connectivity index (χ0) is 16.0. The molecule has 0 saturated carbocycles. The number of methoxy groups -OCH3 is 1. The van der Waals surface area contributed by atoms with Crippen LogP contribution >= 0.6 is 0 Å². The summed E-state index contributed by atoms with van der Waals surface area (Å²) in [5, 5.41) is 9.14. The summed E-state index contributed by atoms with van der Waals surface area (Å²) in [6.07, 6.45) is 1.42. The summed E-state index contributed by atoms with van der Waals surface area (Å²) >= 11 is 0. The molecule has 116 valence electrons. The number of carboxylic acids is 1. The maximum Gasteiger partial charge on any atom is 0.337 e. The van der Waals surface area contributed by atoms with Crippen LogP contribution in [-0.4, -0.2) is 50.6 Å². The van der Waals surface area contributed by atoms with Crippen molar-refractivity contribution < 1.29 is 23.1 Å². The number of nitrogens with zero attached hydrogens (tertiary/aromatic N) is 1. The molecule has 8 heteroatoms. The third-order valence-corrected chi connectivity index (χ3v) is 4.64. The van der Waals surface area contributed by atoms with Crippen molar-refractivity contribution in [2.75, 3.05) is 32.5 Å². The molecule has 0 aliphatic rings. The molecule has 7 nitrogen and oxygen atoms in total. The highest BCUT2D eigenvalue weighted by Gasteiger charge is 2.28. The fourth-order valence-electron chi connectivity index (χ4n) is 1.71. The van der Waals surface area contributed by atoms with Gasteiger partial charge in [-0.25, -0.2) is 13.2 Å². The third kappa shape index (κ3) is 4.03. The van der Waals surface area contributed by atoms with Gasteiger partial charge in [-0.2, -0.15) is 4.31 Å². The van der Waals surface area contributed by atoms with Gasteiger partial charge < -0.3 is 15.6 Å². The Morgan fingerprint density at radius 3 is 2.71 bits per heavy atom. The zero-order valence-corrected chi connectivity index (χ0v) is 12.5. The van der Waals surface area contributed by atoms with Crippen molar-refractivity contribution in [1.29, 1.82) is 0 Å². The first-order chi connectivity index (χ1) is 9.84. The lowest BCUT2D eigenvalue weighted by atomic mass is 10.2. The highest BCUT2D eigenvalue weighted by atomic mass is 32.2. The van der Waals surface area contributed by atoms with E-state index in [1.165, 1.54) is 25.3 Å². The largest absolute Gasteiger partial charge is 0.478 e. The third-order valence-electron chi connectivity index (χ3n) is 2.73. The van der Waals surface area contributed by atoms with E-state index in [1.54, 1.807) is 0 Å². The molecule has 0 bridgehead atoms. The lowest BCUT2D eigenvalue weighted by Gasteiger charge is -2.21. The van der Waals surface area contributed by atoms with Crippen molar-refractivity contribution in [3.63, 3.8) is 0 Å². The molecule has 1 aromatic carbocycles. The predicted molar refractivity (Wildman–Crippen MR) is 78.6 cm³/mol. The van der Waals surface area contributed by atoms with E-state index in [9.17, 15) is 13.2 Å². The minimum absolute atomic E-state index is 0.0412. The van der Waals surface area contributed by atoms with Gasteiger partial charge in [0.25, 0.3) is 0 Å². The lowest BCUT2D eigenvalue weighted by Crippen LogP contribution is -2.35. The maximum atomic E-state index is 12.6. The maximum absolute atomic E-state index is 12.6. The number of rotatable bonds is 8. The zero-order valence-electron chi connectivity index (χ0n) is 11.7. The normalized spacial score (nSPS) is 11.5. The van der Waals surface area contributed by atoms with Gasteiger partial charge in [-0.15, -0.1) is 6.58 Å². The average molecular weight is 314 g/mol. The molecule has 0 fully saturated rings. The Kier molecular flexibility index (Phi) is 5.89. The van der Waals surface area contributed by atoms with Crippen molar-refractivity contribution in [3.8, 4) is 0 Å². The fourth-order valence-corrected chi connectivity index (χ4v) is 3.33. The van der Waals surface area contributed by atoms with E-state index in [0.29, 0.717) is 0 Å². The number of ether oxygens (including phenoxy) is 1. The van der Waals surface area contributed by atoms with Crippen molar-refractivity contribution >= 4 is 21.7 Å². The fraction of sp³-hybridized carbons (Fsp3) is 0.308. The summed E-state index contributed by atoms with van der Waals surface area (Å²) in [4.78, 5) is 10.9. The molecule has 0 radical (unpaired) electrons. The Bertz CT molecular complexity index is 627. The van der Waals surface area contributed by atoms with E-state index < -0.39 is 16.0 Å². The first-order valence-electron chi connectivity index (χ1n) is 6.07. The van der Waals surface area contributed by atoms with Gasteiger partial charge in [0, 0.05) is 25.9 Å². The summed E-state index contributed by atoms with van der Waals surface area (Å²) < 4.78 is 31.2. The van der Waals surface area contributed by atoms with Gasteiger partial charge in [-0.1, -0.05) is 6.08 Å².